The van der Waals surface area contributed by atoms with Gasteiger partial charge in [0, 0.05) is 19.4 Å². The fourth-order valence-corrected chi connectivity index (χ4v) is 9.45. The summed E-state index contributed by atoms with van der Waals surface area (Å²) in [6.45, 7) is 3.62. The molecule has 2 atom stereocenters. The Morgan fingerprint density at radius 1 is 0.431 bits per heavy atom. The second-order valence-corrected chi connectivity index (χ2v) is 21.6. The summed E-state index contributed by atoms with van der Waals surface area (Å²) in [4.78, 5) is 35.0. The van der Waals surface area contributed by atoms with E-state index in [-0.39, 0.29) is 38.6 Å². The van der Waals surface area contributed by atoms with Crippen LogP contribution in [0.3, 0.4) is 0 Å². The van der Waals surface area contributed by atoms with Crippen LogP contribution in [0.4, 0.5) is 0 Å². The predicted octanol–water partition coefficient (Wildman–Crippen LogP) is 19.1. The van der Waals surface area contributed by atoms with Gasteiger partial charge in [0.2, 0.25) is 0 Å². The van der Waals surface area contributed by atoms with Crippen LogP contribution in [0.15, 0.2) is 60.8 Å². The van der Waals surface area contributed by atoms with E-state index in [9.17, 15) is 19.0 Å². The molecule has 0 aromatic carbocycles. The van der Waals surface area contributed by atoms with E-state index in [2.05, 4.69) is 74.6 Å². The summed E-state index contributed by atoms with van der Waals surface area (Å²) < 4.78 is 32.9. The molecule has 0 fully saturated rings. The van der Waals surface area contributed by atoms with Gasteiger partial charge in [-0.25, -0.2) is 4.57 Å². The molecule has 0 saturated carbocycles. The average Bonchev–Trinajstić information content (AvgIpc) is 3.37. The van der Waals surface area contributed by atoms with Crippen molar-refractivity contribution in [3.8, 4) is 0 Å². The summed E-state index contributed by atoms with van der Waals surface area (Å²) in [6.07, 6.45) is 73.2. The highest BCUT2D eigenvalue weighted by Crippen LogP contribution is 2.43. The van der Waals surface area contributed by atoms with E-state index in [1.807, 2.05) is 0 Å². The monoisotopic (exact) mass is 1030 g/mol. The zero-order chi connectivity index (χ0) is 52.4. The first-order chi connectivity index (χ1) is 35.3. The molecule has 0 amide bonds. The molecule has 10 heteroatoms. The molecular formula is C62H114NO8P. The maximum absolute atomic E-state index is 12.7. The number of nitrogens with two attached hydrogens (primary N) is 1. The lowest BCUT2D eigenvalue weighted by Gasteiger charge is -2.19. The Morgan fingerprint density at radius 2 is 0.764 bits per heavy atom. The topological polar surface area (TPSA) is 134 Å². The minimum atomic E-state index is -4.38. The number of unbranched alkanes of at least 4 members (excludes halogenated alkanes) is 34. The third kappa shape index (κ3) is 57.0. The van der Waals surface area contributed by atoms with Crippen LogP contribution in [-0.2, 0) is 32.7 Å². The molecule has 2 unspecified atom stereocenters. The summed E-state index contributed by atoms with van der Waals surface area (Å²) in [5.41, 5.74) is 5.37. The van der Waals surface area contributed by atoms with Crippen molar-refractivity contribution < 1.29 is 37.6 Å². The van der Waals surface area contributed by atoms with Crippen LogP contribution in [0, 0.1) is 0 Å². The number of phosphoric acid groups is 1. The Labute approximate surface area is 444 Å². The molecule has 0 aliphatic carbocycles. The van der Waals surface area contributed by atoms with E-state index >= 15 is 0 Å². The molecule has 0 saturated heterocycles. The fraction of sp³-hybridized carbons (Fsp3) is 0.806. The van der Waals surface area contributed by atoms with Gasteiger partial charge in [0.1, 0.15) is 6.61 Å². The van der Waals surface area contributed by atoms with Gasteiger partial charge < -0.3 is 20.1 Å². The van der Waals surface area contributed by atoms with Crippen LogP contribution in [0.5, 0.6) is 0 Å². The predicted molar refractivity (Wildman–Crippen MR) is 307 cm³/mol. The third-order valence-electron chi connectivity index (χ3n) is 13.1. The fourth-order valence-electron chi connectivity index (χ4n) is 8.68. The van der Waals surface area contributed by atoms with Crippen LogP contribution in [0.25, 0.3) is 0 Å². The average molecular weight is 1030 g/mol. The van der Waals surface area contributed by atoms with Crippen LogP contribution in [0.1, 0.15) is 290 Å². The number of rotatable bonds is 57. The number of carbonyl (C=O) groups excluding carboxylic acids is 2. The zero-order valence-corrected chi connectivity index (χ0v) is 47.8. The Bertz CT molecular complexity index is 1360. The van der Waals surface area contributed by atoms with Gasteiger partial charge in [-0.1, -0.05) is 261 Å². The van der Waals surface area contributed by atoms with E-state index in [0.29, 0.717) is 6.42 Å². The van der Waals surface area contributed by atoms with Gasteiger partial charge in [-0.05, 0) is 77.0 Å². The number of ether oxygens (including phenoxy) is 2. The van der Waals surface area contributed by atoms with Gasteiger partial charge in [-0.3, -0.25) is 18.6 Å². The summed E-state index contributed by atoms with van der Waals surface area (Å²) in [5, 5.41) is 0. The van der Waals surface area contributed by atoms with E-state index in [0.717, 1.165) is 77.0 Å². The van der Waals surface area contributed by atoms with E-state index in [4.69, 9.17) is 24.3 Å². The quantitative estimate of drug-likeness (QED) is 0.0264. The molecule has 0 radical (unpaired) electrons. The Balaban J connectivity index is 3.73. The molecule has 0 heterocycles. The number of hydrogen-bond donors (Lipinski definition) is 2. The Kier molecular flexibility index (Phi) is 56.1. The lowest BCUT2D eigenvalue weighted by Crippen LogP contribution is -2.29. The number of esters is 2. The largest absolute Gasteiger partial charge is 0.472 e. The normalized spacial score (nSPS) is 13.4. The van der Waals surface area contributed by atoms with Gasteiger partial charge in [0.05, 0.1) is 13.2 Å². The third-order valence-corrected chi connectivity index (χ3v) is 14.1. The second-order valence-electron chi connectivity index (χ2n) is 20.2. The maximum atomic E-state index is 12.7. The van der Waals surface area contributed by atoms with Crippen LogP contribution < -0.4 is 5.73 Å². The Hall–Kier alpha value is -2.29. The second kappa shape index (κ2) is 58.0. The van der Waals surface area contributed by atoms with Crippen molar-refractivity contribution in [3.63, 3.8) is 0 Å². The molecule has 0 aromatic heterocycles. The lowest BCUT2D eigenvalue weighted by molar-refractivity contribution is -0.161. The first-order valence-electron chi connectivity index (χ1n) is 30.3. The summed E-state index contributed by atoms with van der Waals surface area (Å²) in [7, 11) is -4.38. The van der Waals surface area contributed by atoms with Gasteiger partial charge in [0.25, 0.3) is 0 Å². The molecule has 420 valence electrons. The molecule has 0 aliphatic rings. The highest BCUT2D eigenvalue weighted by Gasteiger charge is 2.26. The van der Waals surface area contributed by atoms with E-state index in [1.165, 1.54) is 180 Å². The van der Waals surface area contributed by atoms with Crippen molar-refractivity contribution >= 4 is 19.8 Å². The molecular weight excluding hydrogens is 918 g/mol. The van der Waals surface area contributed by atoms with Crippen molar-refractivity contribution in [2.75, 3.05) is 26.4 Å². The molecule has 0 aliphatic heterocycles. The number of hydrogen-bond acceptors (Lipinski definition) is 8. The first-order valence-corrected chi connectivity index (χ1v) is 31.8. The van der Waals surface area contributed by atoms with E-state index < -0.39 is 26.5 Å². The van der Waals surface area contributed by atoms with Crippen molar-refractivity contribution in [3.05, 3.63) is 60.8 Å². The SMILES string of the molecule is CC/C=C\C/C=C\C/C=C\C/C=C\CCCCCCCCCCCCCCCCCCCCCCCCCCCCC(=O)OC(COC(=O)CCCCCCC/C=C\CCCCC)COP(=O)(O)OCCN. The minimum absolute atomic E-state index is 0.0533. The molecule has 72 heavy (non-hydrogen) atoms. The van der Waals surface area contributed by atoms with Crippen molar-refractivity contribution in [2.45, 2.75) is 296 Å². The lowest BCUT2D eigenvalue weighted by atomic mass is 10.0. The van der Waals surface area contributed by atoms with Crippen LogP contribution >= 0.6 is 7.82 Å². The number of allylic oxidation sites excluding steroid dienone is 10. The minimum Gasteiger partial charge on any atom is -0.462 e. The molecule has 0 bridgehead atoms. The first kappa shape index (κ1) is 69.7. The highest BCUT2D eigenvalue weighted by molar-refractivity contribution is 7.47. The number of carbonyl (C=O) groups is 2. The summed E-state index contributed by atoms with van der Waals surface area (Å²) in [5.74, 6) is -0.828. The molecule has 0 aromatic rings. The number of phosphoric ester groups is 1. The van der Waals surface area contributed by atoms with Gasteiger partial charge >= 0.3 is 19.8 Å². The van der Waals surface area contributed by atoms with Crippen molar-refractivity contribution in [1.82, 2.24) is 0 Å². The van der Waals surface area contributed by atoms with Crippen molar-refractivity contribution in [1.29, 1.82) is 0 Å². The molecule has 3 N–H and O–H groups in total. The van der Waals surface area contributed by atoms with Gasteiger partial charge in [-0.15, -0.1) is 0 Å². The summed E-state index contributed by atoms with van der Waals surface area (Å²) in [6, 6.07) is 0. The molecule has 9 nitrogen and oxygen atoms in total. The van der Waals surface area contributed by atoms with Crippen molar-refractivity contribution in [2.24, 2.45) is 5.73 Å². The zero-order valence-electron chi connectivity index (χ0n) is 46.9. The Morgan fingerprint density at radius 3 is 1.15 bits per heavy atom. The van der Waals surface area contributed by atoms with Gasteiger partial charge in [0.15, 0.2) is 6.10 Å². The summed E-state index contributed by atoms with van der Waals surface area (Å²) >= 11 is 0. The van der Waals surface area contributed by atoms with Crippen LogP contribution in [0.2, 0.25) is 0 Å². The van der Waals surface area contributed by atoms with Gasteiger partial charge in [-0.2, -0.15) is 0 Å². The molecule has 0 spiro atoms. The molecule has 0 rings (SSSR count). The highest BCUT2D eigenvalue weighted by atomic mass is 31.2. The standard InChI is InChI=1S/C62H114NO8P/c1-3-5-7-9-11-13-15-17-18-19-20-21-22-23-24-25-26-27-28-29-30-31-32-33-34-35-36-37-38-39-40-41-42-43-45-47-49-51-53-55-62(65)71-60(59-70-72(66,67)69-57-56-63)58-68-61(64)54-52-50-48-46-44-16-14-12-10-8-6-4-2/h5,7,11-14,17-18,20-21,60H,3-4,6,8-10,15-16,19,22-59,63H2,1-2H3,(H,66,67)/b7-5-,13-11-,14-12-,18-17-,21-20-. The maximum Gasteiger partial charge on any atom is 0.472 e. The van der Waals surface area contributed by atoms with Crippen LogP contribution in [-0.4, -0.2) is 49.3 Å². The smallest absolute Gasteiger partial charge is 0.462 e. The van der Waals surface area contributed by atoms with E-state index in [1.54, 1.807) is 0 Å².